The number of nitrogens with zero attached hydrogens (tertiary/aromatic N) is 2. The topological polar surface area (TPSA) is 23.6 Å². The molecule has 1 unspecified atom stereocenters. The van der Waals surface area contributed by atoms with Crippen molar-refractivity contribution in [3.8, 4) is 0 Å². The largest absolute Gasteiger partial charge is 0.338 e. The molecule has 3 aliphatic rings. The molecule has 0 bridgehead atoms. The number of halogens is 2. The van der Waals surface area contributed by atoms with E-state index in [0.29, 0.717) is 6.54 Å². The van der Waals surface area contributed by atoms with Gasteiger partial charge in [0, 0.05) is 37.2 Å². The van der Waals surface area contributed by atoms with E-state index in [0.717, 1.165) is 75.8 Å². The van der Waals surface area contributed by atoms with E-state index in [-0.39, 0.29) is 11.3 Å². The fourth-order valence-electron chi connectivity index (χ4n) is 4.85. The second-order valence-electron chi connectivity index (χ2n) is 8.16. The molecule has 1 amide bonds. The van der Waals surface area contributed by atoms with E-state index in [1.54, 1.807) is 6.07 Å². The van der Waals surface area contributed by atoms with Gasteiger partial charge in [-0.05, 0) is 62.8 Å². The van der Waals surface area contributed by atoms with Crippen molar-refractivity contribution in [2.45, 2.75) is 45.1 Å². The molecule has 5 heteroatoms. The summed E-state index contributed by atoms with van der Waals surface area (Å²) in [6, 6.07) is 4.17. The third-order valence-electron chi connectivity index (χ3n) is 6.17. The number of allylic oxidation sites excluding steroid dienone is 1. The van der Waals surface area contributed by atoms with Crippen LogP contribution in [-0.4, -0.2) is 41.9 Å². The van der Waals surface area contributed by atoms with Crippen LogP contribution in [0.5, 0.6) is 0 Å². The third-order valence-corrected chi connectivity index (χ3v) is 6.17. The van der Waals surface area contributed by atoms with E-state index >= 15 is 0 Å². The first-order valence-corrected chi connectivity index (χ1v) is 9.69. The summed E-state index contributed by atoms with van der Waals surface area (Å²) in [7, 11) is 0. The molecule has 1 atom stereocenters. The van der Waals surface area contributed by atoms with Crippen molar-refractivity contribution >= 4 is 5.91 Å². The Morgan fingerprint density at radius 3 is 2.73 bits per heavy atom. The van der Waals surface area contributed by atoms with Crippen LogP contribution in [0.1, 0.15) is 44.1 Å². The molecule has 2 saturated heterocycles. The zero-order valence-electron chi connectivity index (χ0n) is 15.1. The van der Waals surface area contributed by atoms with Crippen LogP contribution >= 0.6 is 0 Å². The number of likely N-dealkylation sites (tertiary alicyclic amines) is 2. The molecule has 0 radical (unpaired) electrons. The Hall–Kier alpha value is -1.75. The molecule has 140 valence electrons. The number of piperidine rings is 1. The van der Waals surface area contributed by atoms with Crippen molar-refractivity contribution in [3.05, 3.63) is 47.0 Å². The molecule has 0 N–H and O–H groups in total. The number of carbonyl (C=O) groups excluding carboxylic acids is 1. The molecular weight excluding hydrogens is 334 g/mol. The van der Waals surface area contributed by atoms with Gasteiger partial charge in [-0.25, -0.2) is 8.78 Å². The molecule has 1 aliphatic carbocycles. The number of hydrogen-bond acceptors (Lipinski definition) is 2. The van der Waals surface area contributed by atoms with Crippen LogP contribution in [0.4, 0.5) is 8.78 Å². The van der Waals surface area contributed by atoms with Crippen molar-refractivity contribution < 1.29 is 13.6 Å². The smallest absolute Gasteiger partial charge is 0.249 e. The highest BCUT2D eigenvalue weighted by Crippen LogP contribution is 2.40. The predicted molar refractivity (Wildman–Crippen MR) is 96.4 cm³/mol. The van der Waals surface area contributed by atoms with Crippen LogP contribution in [0.2, 0.25) is 0 Å². The molecule has 26 heavy (non-hydrogen) atoms. The molecular formula is C21H26F2N2O. The fourth-order valence-corrected chi connectivity index (χ4v) is 4.85. The standard InChI is InChI=1S/C21H26F2N2O/c22-18-7-6-16(12-19(18)23)13-24-10-3-8-21(14-24)9-11-25(15-21)20(26)17-4-1-2-5-17/h4,6-7,12H,1-3,5,8-11,13-15H2. The summed E-state index contributed by atoms with van der Waals surface area (Å²) in [4.78, 5) is 17.1. The molecule has 2 heterocycles. The molecule has 1 aromatic carbocycles. The minimum absolute atomic E-state index is 0.158. The summed E-state index contributed by atoms with van der Waals surface area (Å²) in [5, 5.41) is 0. The molecule has 0 saturated carbocycles. The number of rotatable bonds is 3. The van der Waals surface area contributed by atoms with Crippen molar-refractivity contribution in [2.24, 2.45) is 5.41 Å². The fraction of sp³-hybridized carbons (Fsp3) is 0.571. The SMILES string of the molecule is O=C(C1=CCCC1)N1CCC2(CCCN(Cc3ccc(F)c(F)c3)C2)C1. The highest BCUT2D eigenvalue weighted by atomic mass is 19.2. The Bertz CT molecular complexity index is 733. The van der Waals surface area contributed by atoms with Crippen molar-refractivity contribution in [1.82, 2.24) is 9.80 Å². The van der Waals surface area contributed by atoms with Gasteiger partial charge >= 0.3 is 0 Å². The van der Waals surface area contributed by atoms with Gasteiger partial charge in [-0.1, -0.05) is 12.1 Å². The monoisotopic (exact) mass is 360 g/mol. The Labute approximate surface area is 153 Å². The van der Waals surface area contributed by atoms with Crippen molar-refractivity contribution in [3.63, 3.8) is 0 Å². The maximum atomic E-state index is 13.5. The number of benzene rings is 1. The maximum Gasteiger partial charge on any atom is 0.249 e. The van der Waals surface area contributed by atoms with Crippen LogP contribution in [0, 0.1) is 17.0 Å². The second kappa shape index (κ2) is 7.10. The van der Waals surface area contributed by atoms with Gasteiger partial charge in [-0.3, -0.25) is 9.69 Å². The third kappa shape index (κ3) is 3.54. The molecule has 2 aliphatic heterocycles. The zero-order valence-corrected chi connectivity index (χ0v) is 15.1. The van der Waals surface area contributed by atoms with Crippen LogP contribution in [-0.2, 0) is 11.3 Å². The van der Waals surface area contributed by atoms with Gasteiger partial charge in [-0.15, -0.1) is 0 Å². The van der Waals surface area contributed by atoms with E-state index in [2.05, 4.69) is 11.0 Å². The van der Waals surface area contributed by atoms with Gasteiger partial charge in [0.2, 0.25) is 5.91 Å². The molecule has 2 fully saturated rings. The summed E-state index contributed by atoms with van der Waals surface area (Å²) in [5.74, 6) is -1.34. The van der Waals surface area contributed by atoms with Gasteiger partial charge in [0.1, 0.15) is 0 Å². The van der Waals surface area contributed by atoms with Crippen LogP contribution in [0.15, 0.2) is 29.8 Å². The van der Waals surface area contributed by atoms with Crippen molar-refractivity contribution in [2.75, 3.05) is 26.2 Å². The Morgan fingerprint density at radius 2 is 1.96 bits per heavy atom. The lowest BCUT2D eigenvalue weighted by atomic mass is 9.79. The van der Waals surface area contributed by atoms with Gasteiger partial charge in [0.05, 0.1) is 0 Å². The number of amides is 1. The second-order valence-corrected chi connectivity index (χ2v) is 8.16. The summed E-state index contributed by atoms with van der Waals surface area (Å²) < 4.78 is 26.6. The normalized spacial score (nSPS) is 26.5. The minimum Gasteiger partial charge on any atom is -0.338 e. The summed E-state index contributed by atoms with van der Waals surface area (Å²) in [5.41, 5.74) is 1.96. The van der Waals surface area contributed by atoms with Crippen LogP contribution in [0.3, 0.4) is 0 Å². The number of carbonyl (C=O) groups is 1. The molecule has 3 nitrogen and oxygen atoms in total. The highest BCUT2D eigenvalue weighted by molar-refractivity contribution is 5.94. The van der Waals surface area contributed by atoms with Gasteiger partial charge in [0.25, 0.3) is 0 Å². The first kappa shape index (κ1) is 17.7. The van der Waals surface area contributed by atoms with E-state index in [9.17, 15) is 13.6 Å². The van der Waals surface area contributed by atoms with Gasteiger partial charge in [0.15, 0.2) is 11.6 Å². The summed E-state index contributed by atoms with van der Waals surface area (Å²) in [6.45, 7) is 4.21. The first-order chi connectivity index (χ1) is 12.5. The first-order valence-electron chi connectivity index (χ1n) is 9.69. The van der Waals surface area contributed by atoms with E-state index in [1.165, 1.54) is 12.1 Å². The van der Waals surface area contributed by atoms with Gasteiger partial charge < -0.3 is 4.90 Å². The van der Waals surface area contributed by atoms with Gasteiger partial charge in [-0.2, -0.15) is 0 Å². The Morgan fingerprint density at radius 1 is 1.08 bits per heavy atom. The van der Waals surface area contributed by atoms with E-state index < -0.39 is 11.6 Å². The number of hydrogen-bond donors (Lipinski definition) is 0. The lowest BCUT2D eigenvalue weighted by molar-refractivity contribution is -0.126. The molecule has 1 spiro atoms. The average Bonchev–Trinajstić information content (AvgIpc) is 3.28. The maximum absolute atomic E-state index is 13.5. The van der Waals surface area contributed by atoms with E-state index in [4.69, 9.17) is 0 Å². The zero-order chi connectivity index (χ0) is 18.1. The quantitative estimate of drug-likeness (QED) is 0.816. The molecule has 4 rings (SSSR count). The van der Waals surface area contributed by atoms with E-state index in [1.807, 2.05) is 4.90 Å². The summed E-state index contributed by atoms with van der Waals surface area (Å²) >= 11 is 0. The molecule has 0 aromatic heterocycles. The Kier molecular flexibility index (Phi) is 4.82. The minimum atomic E-state index is -0.796. The lowest BCUT2D eigenvalue weighted by Gasteiger charge is -2.40. The summed E-state index contributed by atoms with van der Waals surface area (Å²) in [6.07, 6.45) is 8.43. The van der Waals surface area contributed by atoms with Crippen LogP contribution < -0.4 is 0 Å². The average molecular weight is 360 g/mol. The molecule has 1 aromatic rings. The van der Waals surface area contributed by atoms with Crippen molar-refractivity contribution in [1.29, 1.82) is 0 Å². The highest BCUT2D eigenvalue weighted by Gasteiger charge is 2.43. The lowest BCUT2D eigenvalue weighted by Crippen LogP contribution is -2.45. The van der Waals surface area contributed by atoms with Crippen LogP contribution in [0.25, 0.3) is 0 Å². The predicted octanol–water partition coefficient (Wildman–Crippen LogP) is 3.89. The Balaban J connectivity index is 1.40.